The van der Waals surface area contributed by atoms with Gasteiger partial charge in [-0.2, -0.15) is 0 Å². The van der Waals surface area contributed by atoms with E-state index in [-0.39, 0.29) is 5.92 Å². The number of hydrogen-bond acceptors (Lipinski definition) is 4. The molecule has 112 valence electrons. The molecule has 1 fully saturated rings. The van der Waals surface area contributed by atoms with Gasteiger partial charge < -0.3 is 15.3 Å². The Balaban J connectivity index is 1.88. The number of carboxylic acids is 1. The quantitative estimate of drug-likeness (QED) is 0.888. The molecule has 0 bridgehead atoms. The fourth-order valence-corrected chi connectivity index (χ4v) is 3.06. The molecular formula is C16H21N3O2. The van der Waals surface area contributed by atoms with Crippen molar-refractivity contribution >= 4 is 17.5 Å². The van der Waals surface area contributed by atoms with Crippen molar-refractivity contribution in [2.24, 2.45) is 10.9 Å². The van der Waals surface area contributed by atoms with E-state index in [4.69, 9.17) is 0 Å². The molecule has 1 unspecified atom stereocenters. The minimum Gasteiger partial charge on any atom is -0.481 e. The van der Waals surface area contributed by atoms with Crippen molar-refractivity contribution in [3.05, 3.63) is 29.8 Å². The summed E-state index contributed by atoms with van der Waals surface area (Å²) in [6, 6.07) is 8.15. The molecule has 0 spiro atoms. The van der Waals surface area contributed by atoms with E-state index in [9.17, 15) is 9.90 Å². The van der Waals surface area contributed by atoms with Crippen LogP contribution >= 0.6 is 0 Å². The van der Waals surface area contributed by atoms with Crippen LogP contribution in [0.3, 0.4) is 0 Å². The number of rotatable bonds is 3. The highest BCUT2D eigenvalue weighted by atomic mass is 16.4. The zero-order valence-electron chi connectivity index (χ0n) is 12.1. The molecule has 21 heavy (non-hydrogen) atoms. The maximum Gasteiger partial charge on any atom is 0.308 e. The van der Waals surface area contributed by atoms with Crippen LogP contribution in [-0.4, -0.2) is 43.1 Å². The fraction of sp³-hybridized carbons (Fsp3) is 0.500. The van der Waals surface area contributed by atoms with Crippen LogP contribution in [0.15, 0.2) is 29.3 Å². The summed E-state index contributed by atoms with van der Waals surface area (Å²) >= 11 is 0. The summed E-state index contributed by atoms with van der Waals surface area (Å²) in [5.41, 5.74) is 2.18. The first-order chi connectivity index (χ1) is 10.3. The van der Waals surface area contributed by atoms with E-state index in [0.717, 1.165) is 56.0 Å². The van der Waals surface area contributed by atoms with E-state index in [1.165, 1.54) is 0 Å². The Hall–Kier alpha value is -2.04. The maximum absolute atomic E-state index is 11.3. The van der Waals surface area contributed by atoms with Gasteiger partial charge in [-0.1, -0.05) is 12.1 Å². The third-order valence-electron chi connectivity index (χ3n) is 4.17. The average Bonchev–Trinajstić information content (AvgIpc) is 2.56. The first kappa shape index (κ1) is 13.9. The van der Waals surface area contributed by atoms with Gasteiger partial charge >= 0.3 is 5.97 Å². The van der Waals surface area contributed by atoms with E-state index in [1.807, 2.05) is 12.1 Å². The Kier molecular flexibility index (Phi) is 4.08. The molecule has 1 saturated heterocycles. The Bertz CT molecular complexity index is 556. The van der Waals surface area contributed by atoms with Crippen molar-refractivity contribution in [1.82, 2.24) is 5.32 Å². The number of amidine groups is 1. The summed E-state index contributed by atoms with van der Waals surface area (Å²) < 4.78 is 0. The SMILES string of the molecule is O=C(O)C1CCCN(c2ccccc2C2=NCCCN2)C1. The number of benzene rings is 1. The van der Waals surface area contributed by atoms with E-state index in [1.54, 1.807) is 0 Å². The molecule has 0 aliphatic carbocycles. The predicted octanol–water partition coefficient (Wildman–Crippen LogP) is 1.73. The third-order valence-corrected chi connectivity index (χ3v) is 4.17. The molecule has 0 radical (unpaired) electrons. The van der Waals surface area contributed by atoms with Gasteiger partial charge in [0, 0.05) is 37.4 Å². The summed E-state index contributed by atoms with van der Waals surface area (Å²) in [7, 11) is 0. The molecule has 0 aromatic heterocycles. The minimum atomic E-state index is -0.690. The zero-order chi connectivity index (χ0) is 14.7. The van der Waals surface area contributed by atoms with E-state index >= 15 is 0 Å². The third kappa shape index (κ3) is 3.01. The van der Waals surface area contributed by atoms with Crippen LogP contribution in [0.1, 0.15) is 24.8 Å². The maximum atomic E-state index is 11.3. The van der Waals surface area contributed by atoms with Gasteiger partial charge in [0.05, 0.1) is 5.92 Å². The number of nitrogens with one attached hydrogen (secondary N) is 1. The lowest BCUT2D eigenvalue weighted by atomic mass is 9.97. The zero-order valence-corrected chi connectivity index (χ0v) is 12.1. The van der Waals surface area contributed by atoms with E-state index in [0.29, 0.717) is 6.54 Å². The van der Waals surface area contributed by atoms with E-state index < -0.39 is 5.97 Å². The van der Waals surface area contributed by atoms with Crippen molar-refractivity contribution in [3.63, 3.8) is 0 Å². The molecule has 2 heterocycles. The Morgan fingerprint density at radius 3 is 2.95 bits per heavy atom. The Morgan fingerprint density at radius 2 is 2.19 bits per heavy atom. The lowest BCUT2D eigenvalue weighted by Crippen LogP contribution is -2.40. The number of carboxylic acid groups (broad SMARTS) is 1. The smallest absolute Gasteiger partial charge is 0.308 e. The van der Waals surface area contributed by atoms with Gasteiger partial charge in [-0.3, -0.25) is 9.79 Å². The van der Waals surface area contributed by atoms with Gasteiger partial charge in [-0.05, 0) is 31.4 Å². The molecule has 1 aromatic rings. The molecule has 5 heteroatoms. The largest absolute Gasteiger partial charge is 0.481 e. The highest BCUT2D eigenvalue weighted by Gasteiger charge is 2.27. The summed E-state index contributed by atoms with van der Waals surface area (Å²) in [4.78, 5) is 18.0. The number of aliphatic carboxylic acids is 1. The summed E-state index contributed by atoms with van der Waals surface area (Å²) in [5.74, 6) is -0.0207. The van der Waals surface area contributed by atoms with Crippen molar-refractivity contribution in [3.8, 4) is 0 Å². The van der Waals surface area contributed by atoms with Crippen LogP contribution in [0, 0.1) is 5.92 Å². The minimum absolute atomic E-state index is 0.270. The highest BCUT2D eigenvalue weighted by Crippen LogP contribution is 2.27. The van der Waals surface area contributed by atoms with Gasteiger partial charge in [0.1, 0.15) is 5.84 Å². The Labute approximate surface area is 124 Å². The summed E-state index contributed by atoms with van der Waals surface area (Å²) in [6.07, 6.45) is 2.76. The van der Waals surface area contributed by atoms with Crippen molar-refractivity contribution in [1.29, 1.82) is 0 Å². The van der Waals surface area contributed by atoms with Crippen molar-refractivity contribution in [2.75, 3.05) is 31.1 Å². The molecule has 3 rings (SSSR count). The molecule has 1 atom stereocenters. The second kappa shape index (κ2) is 6.16. The van der Waals surface area contributed by atoms with Gasteiger partial charge in [-0.15, -0.1) is 0 Å². The van der Waals surface area contributed by atoms with Crippen LogP contribution in [0.2, 0.25) is 0 Å². The summed E-state index contributed by atoms with van der Waals surface area (Å²) in [5, 5.41) is 12.6. The molecule has 5 nitrogen and oxygen atoms in total. The second-order valence-electron chi connectivity index (χ2n) is 5.65. The number of anilines is 1. The number of aliphatic imine (C=N–C) groups is 1. The molecule has 2 aliphatic rings. The second-order valence-corrected chi connectivity index (χ2v) is 5.65. The number of carbonyl (C=O) groups is 1. The standard InChI is InChI=1S/C16H21N3O2/c20-16(21)12-5-3-10-19(11-12)14-7-2-1-6-13(14)15-17-8-4-9-18-15/h1-2,6-7,12H,3-5,8-11H2,(H,17,18)(H,20,21). The van der Waals surface area contributed by atoms with Crippen LogP contribution < -0.4 is 10.2 Å². The lowest BCUT2D eigenvalue weighted by molar-refractivity contribution is -0.141. The van der Waals surface area contributed by atoms with Crippen LogP contribution in [-0.2, 0) is 4.79 Å². The summed E-state index contributed by atoms with van der Waals surface area (Å²) in [6.45, 7) is 3.30. The topological polar surface area (TPSA) is 64.9 Å². The van der Waals surface area contributed by atoms with Crippen molar-refractivity contribution < 1.29 is 9.90 Å². The number of nitrogens with zero attached hydrogens (tertiary/aromatic N) is 2. The van der Waals surface area contributed by atoms with E-state index in [2.05, 4.69) is 27.3 Å². The van der Waals surface area contributed by atoms with Crippen molar-refractivity contribution in [2.45, 2.75) is 19.3 Å². The molecule has 1 aromatic carbocycles. The van der Waals surface area contributed by atoms with Gasteiger partial charge in [0.25, 0.3) is 0 Å². The van der Waals surface area contributed by atoms with Gasteiger partial charge in [0.15, 0.2) is 0 Å². The molecule has 0 amide bonds. The fourth-order valence-electron chi connectivity index (χ4n) is 3.06. The molecule has 2 N–H and O–H groups in total. The van der Waals surface area contributed by atoms with Crippen LogP contribution in [0.25, 0.3) is 0 Å². The first-order valence-electron chi connectivity index (χ1n) is 7.61. The van der Waals surface area contributed by atoms with Gasteiger partial charge in [0.2, 0.25) is 0 Å². The lowest BCUT2D eigenvalue weighted by Gasteiger charge is -2.34. The number of hydrogen-bond donors (Lipinski definition) is 2. The number of piperidine rings is 1. The predicted molar refractivity (Wildman–Crippen MR) is 83.0 cm³/mol. The van der Waals surface area contributed by atoms with Crippen LogP contribution in [0.4, 0.5) is 5.69 Å². The molecule has 2 aliphatic heterocycles. The Morgan fingerprint density at radius 1 is 1.33 bits per heavy atom. The normalized spacial score (nSPS) is 22.4. The molecular weight excluding hydrogens is 266 g/mol. The first-order valence-corrected chi connectivity index (χ1v) is 7.61. The highest BCUT2D eigenvalue weighted by molar-refractivity contribution is 6.04. The monoisotopic (exact) mass is 287 g/mol. The average molecular weight is 287 g/mol. The number of para-hydroxylation sites is 1. The van der Waals surface area contributed by atoms with Crippen LogP contribution in [0.5, 0.6) is 0 Å². The molecule has 0 saturated carbocycles. The van der Waals surface area contributed by atoms with Gasteiger partial charge in [-0.25, -0.2) is 0 Å².